The molecule has 11 heteroatoms. The van der Waals surface area contributed by atoms with Gasteiger partial charge in [0.2, 0.25) is 0 Å². The van der Waals surface area contributed by atoms with Gasteiger partial charge in [0.25, 0.3) is 5.91 Å². The summed E-state index contributed by atoms with van der Waals surface area (Å²) in [6.45, 7) is 2.34. The standard InChI is InChI=1S/C24H20F3N5O3/c1-12-20-22(28)30-16-7-4-13(9-17(16)32(20)11-29-12)23(33)31-8-2-3-18-21(31)15-6-5-14(10-19(15)34-18)35-24(25,26)27/h4-7,9-11,18,21H,2-3,8H2,1H3,(H2,28,30)/t18-,21-/m0/s1. The highest BCUT2D eigenvalue weighted by atomic mass is 19.4. The fourth-order valence-electron chi connectivity index (χ4n) is 5.12. The van der Waals surface area contributed by atoms with E-state index < -0.39 is 12.4 Å². The molecule has 0 unspecified atom stereocenters. The Morgan fingerprint density at radius 2 is 2.06 bits per heavy atom. The molecule has 2 aromatic carbocycles. The van der Waals surface area contributed by atoms with Gasteiger partial charge < -0.3 is 20.1 Å². The molecule has 1 fully saturated rings. The summed E-state index contributed by atoms with van der Waals surface area (Å²) >= 11 is 0. The molecule has 2 aliphatic heterocycles. The SMILES string of the molecule is Cc1ncn2c1c(N)nc1ccc(C(=O)N3CCC[C@@H]4Oc5cc(OC(F)(F)F)ccc5[C@@H]43)cc12. The molecule has 1 saturated heterocycles. The first kappa shape index (κ1) is 21.5. The lowest BCUT2D eigenvalue weighted by Gasteiger charge is -2.36. The first-order valence-corrected chi connectivity index (χ1v) is 11.1. The number of aryl methyl sites for hydroxylation is 1. The fraction of sp³-hybridized carbons (Fsp3) is 0.292. The summed E-state index contributed by atoms with van der Waals surface area (Å²) < 4.78 is 49.7. The summed E-state index contributed by atoms with van der Waals surface area (Å²) in [5.74, 6) is 0.110. The van der Waals surface area contributed by atoms with Crippen LogP contribution in [0.5, 0.6) is 11.5 Å². The molecule has 1 amide bonds. The lowest BCUT2D eigenvalue weighted by Crippen LogP contribution is -2.44. The molecule has 4 aromatic rings. The number of fused-ring (bicyclic) bond motifs is 6. The summed E-state index contributed by atoms with van der Waals surface area (Å²) in [6, 6.07) is 8.83. The third-order valence-corrected chi connectivity index (χ3v) is 6.57. The number of alkyl halides is 3. The number of carbonyl (C=O) groups is 1. The highest BCUT2D eigenvalue weighted by Crippen LogP contribution is 2.46. The maximum Gasteiger partial charge on any atom is 0.573 e. The number of hydrogen-bond acceptors (Lipinski definition) is 6. The van der Waals surface area contributed by atoms with Gasteiger partial charge in [0.1, 0.15) is 35.3 Å². The van der Waals surface area contributed by atoms with Gasteiger partial charge in [-0.3, -0.25) is 9.20 Å². The predicted octanol–water partition coefficient (Wildman–Crippen LogP) is 4.41. The zero-order valence-corrected chi connectivity index (χ0v) is 18.5. The molecule has 8 nitrogen and oxygen atoms in total. The van der Waals surface area contributed by atoms with Crippen LogP contribution in [0.15, 0.2) is 42.7 Å². The van der Waals surface area contributed by atoms with Crippen LogP contribution < -0.4 is 15.2 Å². The molecular weight excluding hydrogens is 463 g/mol. The van der Waals surface area contributed by atoms with Crippen molar-refractivity contribution in [2.24, 2.45) is 0 Å². The summed E-state index contributed by atoms with van der Waals surface area (Å²) in [7, 11) is 0. The molecule has 0 radical (unpaired) electrons. The average Bonchev–Trinajstić information content (AvgIpc) is 3.38. The number of benzene rings is 2. The normalized spacial score (nSPS) is 19.5. The van der Waals surface area contributed by atoms with Crippen LogP contribution in [0, 0.1) is 6.92 Å². The van der Waals surface area contributed by atoms with Crippen molar-refractivity contribution in [3.8, 4) is 11.5 Å². The monoisotopic (exact) mass is 483 g/mol. The molecule has 0 spiro atoms. The molecule has 4 heterocycles. The number of nitrogens with zero attached hydrogens (tertiary/aromatic N) is 4. The molecular formula is C24H20F3N5O3. The van der Waals surface area contributed by atoms with Crippen LogP contribution >= 0.6 is 0 Å². The van der Waals surface area contributed by atoms with E-state index in [9.17, 15) is 18.0 Å². The maximum atomic E-state index is 13.7. The Balaban J connectivity index is 1.37. The Hall–Kier alpha value is -4.02. The molecule has 0 saturated carbocycles. The zero-order chi connectivity index (χ0) is 24.5. The van der Waals surface area contributed by atoms with Crippen molar-refractivity contribution >= 4 is 28.3 Å². The van der Waals surface area contributed by atoms with Gasteiger partial charge in [-0.05, 0) is 50.1 Å². The average molecular weight is 483 g/mol. The first-order chi connectivity index (χ1) is 16.7. The van der Waals surface area contributed by atoms with Gasteiger partial charge in [0.15, 0.2) is 0 Å². The number of carbonyl (C=O) groups excluding carboxylic acids is 1. The van der Waals surface area contributed by atoms with Crippen molar-refractivity contribution in [3.63, 3.8) is 0 Å². The van der Waals surface area contributed by atoms with Gasteiger partial charge in [-0.2, -0.15) is 0 Å². The van der Waals surface area contributed by atoms with E-state index in [2.05, 4.69) is 14.7 Å². The number of nitrogen functional groups attached to an aromatic ring is 1. The van der Waals surface area contributed by atoms with Crippen molar-refractivity contribution < 1.29 is 27.4 Å². The van der Waals surface area contributed by atoms with Crippen LogP contribution in [0.3, 0.4) is 0 Å². The second-order valence-electron chi connectivity index (χ2n) is 8.74. The number of rotatable bonds is 2. The van der Waals surface area contributed by atoms with Crippen LogP contribution in [0.1, 0.15) is 40.5 Å². The quantitative estimate of drug-likeness (QED) is 0.454. The minimum atomic E-state index is -4.80. The Labute approximate surface area is 197 Å². The van der Waals surface area contributed by atoms with E-state index in [-0.39, 0.29) is 17.8 Å². The molecule has 2 aliphatic rings. The Bertz CT molecular complexity index is 1500. The predicted molar refractivity (Wildman–Crippen MR) is 120 cm³/mol. The lowest BCUT2D eigenvalue weighted by atomic mass is 9.93. The second kappa shape index (κ2) is 7.49. The molecule has 35 heavy (non-hydrogen) atoms. The molecule has 0 bridgehead atoms. The van der Waals surface area contributed by atoms with Gasteiger partial charge in [-0.15, -0.1) is 13.2 Å². The number of hydrogen-bond donors (Lipinski definition) is 1. The number of ether oxygens (including phenoxy) is 2. The zero-order valence-electron chi connectivity index (χ0n) is 18.5. The number of halogens is 3. The van der Waals surface area contributed by atoms with E-state index in [0.29, 0.717) is 58.6 Å². The van der Waals surface area contributed by atoms with Gasteiger partial charge in [-0.1, -0.05) is 0 Å². The van der Waals surface area contributed by atoms with E-state index in [1.807, 2.05) is 11.3 Å². The number of anilines is 1. The number of aromatic nitrogens is 3. The summed E-state index contributed by atoms with van der Waals surface area (Å²) in [5.41, 5.74) is 9.99. The molecule has 180 valence electrons. The summed E-state index contributed by atoms with van der Waals surface area (Å²) in [5, 5.41) is 0. The van der Waals surface area contributed by atoms with Crippen LogP contribution in [-0.2, 0) is 0 Å². The number of imidazole rings is 1. The number of amides is 1. The van der Waals surface area contributed by atoms with Crippen molar-refractivity contribution in [1.82, 2.24) is 19.3 Å². The van der Waals surface area contributed by atoms with Crippen molar-refractivity contribution in [1.29, 1.82) is 0 Å². The number of likely N-dealkylation sites (tertiary alicyclic amines) is 1. The van der Waals surface area contributed by atoms with E-state index in [1.54, 1.807) is 29.4 Å². The van der Waals surface area contributed by atoms with Crippen LogP contribution in [0.2, 0.25) is 0 Å². The second-order valence-corrected chi connectivity index (χ2v) is 8.74. The van der Waals surface area contributed by atoms with Crippen LogP contribution in [0.25, 0.3) is 16.6 Å². The van der Waals surface area contributed by atoms with Gasteiger partial charge >= 0.3 is 6.36 Å². The molecule has 6 rings (SSSR count). The third kappa shape index (κ3) is 3.49. The van der Waals surface area contributed by atoms with Crippen molar-refractivity contribution in [2.75, 3.05) is 12.3 Å². The summed E-state index contributed by atoms with van der Waals surface area (Å²) in [4.78, 5) is 24.2. The Morgan fingerprint density at radius 1 is 1.23 bits per heavy atom. The fourth-order valence-corrected chi connectivity index (χ4v) is 5.12. The van der Waals surface area contributed by atoms with Crippen molar-refractivity contribution in [3.05, 3.63) is 59.5 Å². The Kier molecular flexibility index (Phi) is 4.60. The highest BCUT2D eigenvalue weighted by Gasteiger charge is 2.43. The van der Waals surface area contributed by atoms with Gasteiger partial charge in [0, 0.05) is 23.7 Å². The third-order valence-electron chi connectivity index (χ3n) is 6.57. The topological polar surface area (TPSA) is 95.0 Å². The molecule has 2 aromatic heterocycles. The largest absolute Gasteiger partial charge is 0.573 e. The first-order valence-electron chi connectivity index (χ1n) is 11.1. The smallest absolute Gasteiger partial charge is 0.487 e. The minimum absolute atomic E-state index is 0.199. The van der Waals surface area contributed by atoms with E-state index in [1.165, 1.54) is 18.2 Å². The Morgan fingerprint density at radius 3 is 2.86 bits per heavy atom. The van der Waals surface area contributed by atoms with E-state index >= 15 is 0 Å². The minimum Gasteiger partial charge on any atom is -0.487 e. The number of piperidine rings is 1. The van der Waals surface area contributed by atoms with Gasteiger partial charge in [0.05, 0.1) is 22.8 Å². The maximum absolute atomic E-state index is 13.7. The van der Waals surface area contributed by atoms with Gasteiger partial charge in [-0.25, -0.2) is 9.97 Å². The summed E-state index contributed by atoms with van der Waals surface area (Å²) in [6.07, 6.45) is -2.08. The van der Waals surface area contributed by atoms with E-state index in [4.69, 9.17) is 10.5 Å². The molecule has 2 atom stereocenters. The van der Waals surface area contributed by atoms with Crippen LogP contribution in [0.4, 0.5) is 19.0 Å². The molecule has 0 aliphatic carbocycles. The van der Waals surface area contributed by atoms with E-state index in [0.717, 1.165) is 5.69 Å². The highest BCUT2D eigenvalue weighted by molar-refractivity contribution is 5.98. The lowest BCUT2D eigenvalue weighted by molar-refractivity contribution is -0.274. The van der Waals surface area contributed by atoms with Crippen molar-refractivity contribution in [2.45, 2.75) is 38.3 Å². The molecule has 2 N–H and O–H groups in total. The van der Waals surface area contributed by atoms with Crippen LogP contribution in [-0.4, -0.2) is 44.2 Å². The number of nitrogens with two attached hydrogens (primary N) is 1.